The van der Waals surface area contributed by atoms with Gasteiger partial charge in [0.05, 0.1) is 31.5 Å². The first-order valence-corrected chi connectivity index (χ1v) is 14.2. The molecule has 0 radical (unpaired) electrons. The maximum atomic E-state index is 13.9. The summed E-state index contributed by atoms with van der Waals surface area (Å²) in [5, 5.41) is 10.6. The molecule has 3 atom stereocenters. The fourth-order valence-electron chi connectivity index (χ4n) is 6.09. The summed E-state index contributed by atoms with van der Waals surface area (Å²) in [5.74, 6) is -0.467. The van der Waals surface area contributed by atoms with E-state index >= 15 is 0 Å². The standard InChI is InChI=1S/C31H38N4O6/c1-4-5-14-35(23-8-6-12-32-17-23)28(36)19-34-18-24(21-15-26(39-3)30-27(16-21)40-20-41-30)29(31(37)38)25(34)11-10-22-9-7-13-33(22)2/h6-9,12-13,15-17,24-25,29H,4-5,10-11,14,18-20H2,1-3H3,(H,37,38). The van der Waals surface area contributed by atoms with Gasteiger partial charge in [0.2, 0.25) is 18.4 Å². The molecule has 2 aliphatic rings. The Hall–Kier alpha value is -4.05. The number of ether oxygens (including phenoxy) is 3. The number of carboxylic acid groups (broad SMARTS) is 1. The lowest BCUT2D eigenvalue weighted by Gasteiger charge is -2.29. The van der Waals surface area contributed by atoms with Crippen LogP contribution in [0.4, 0.5) is 5.69 Å². The Balaban J connectivity index is 1.47. The fraction of sp³-hybridized carbons (Fsp3) is 0.452. The summed E-state index contributed by atoms with van der Waals surface area (Å²) >= 11 is 0. The molecule has 0 aliphatic carbocycles. The molecular weight excluding hydrogens is 524 g/mol. The zero-order valence-electron chi connectivity index (χ0n) is 23.9. The molecule has 0 bridgehead atoms. The van der Waals surface area contributed by atoms with Gasteiger partial charge in [-0.3, -0.25) is 19.5 Å². The second kappa shape index (κ2) is 12.6. The number of benzene rings is 1. The maximum Gasteiger partial charge on any atom is 0.308 e. The van der Waals surface area contributed by atoms with Crippen molar-refractivity contribution in [2.24, 2.45) is 13.0 Å². The van der Waals surface area contributed by atoms with Crippen molar-refractivity contribution in [3.8, 4) is 17.2 Å². The lowest BCUT2D eigenvalue weighted by molar-refractivity contribution is -0.143. The van der Waals surface area contributed by atoms with E-state index in [1.54, 1.807) is 24.4 Å². The number of carbonyl (C=O) groups is 2. The normalized spacial score (nSPS) is 19.8. The highest BCUT2D eigenvalue weighted by Gasteiger charge is 2.47. The third kappa shape index (κ3) is 6.02. The van der Waals surface area contributed by atoms with Crippen LogP contribution >= 0.6 is 0 Å². The molecule has 3 aromatic rings. The molecule has 0 saturated carbocycles. The number of rotatable bonds is 12. The molecule has 5 rings (SSSR count). The molecule has 41 heavy (non-hydrogen) atoms. The lowest BCUT2D eigenvalue weighted by Crippen LogP contribution is -2.44. The van der Waals surface area contributed by atoms with Crippen LogP contribution in [0, 0.1) is 5.92 Å². The summed E-state index contributed by atoms with van der Waals surface area (Å²) in [6.45, 7) is 3.28. The van der Waals surface area contributed by atoms with Gasteiger partial charge in [-0.25, -0.2) is 0 Å². The Morgan fingerprint density at radius 2 is 2.07 bits per heavy atom. The van der Waals surface area contributed by atoms with Crippen molar-refractivity contribution in [2.45, 2.75) is 44.6 Å². The van der Waals surface area contributed by atoms with Crippen molar-refractivity contribution in [3.05, 3.63) is 66.2 Å². The van der Waals surface area contributed by atoms with Gasteiger partial charge in [-0.15, -0.1) is 0 Å². The van der Waals surface area contributed by atoms with E-state index in [0.29, 0.717) is 43.2 Å². The van der Waals surface area contributed by atoms with Gasteiger partial charge in [-0.05, 0) is 61.2 Å². The molecule has 1 amide bonds. The Labute approximate surface area is 240 Å². The minimum atomic E-state index is -0.881. The van der Waals surface area contributed by atoms with E-state index in [1.165, 1.54) is 0 Å². The Morgan fingerprint density at radius 3 is 2.76 bits per heavy atom. The van der Waals surface area contributed by atoms with Gasteiger partial charge in [-0.2, -0.15) is 0 Å². The largest absolute Gasteiger partial charge is 0.493 e. The van der Waals surface area contributed by atoms with Gasteiger partial charge in [0.15, 0.2) is 11.5 Å². The molecule has 1 N–H and O–H groups in total. The van der Waals surface area contributed by atoms with Crippen LogP contribution in [-0.4, -0.2) is 71.0 Å². The number of aryl methyl sites for hydroxylation is 2. The summed E-state index contributed by atoms with van der Waals surface area (Å²) in [6, 6.07) is 11.1. The minimum absolute atomic E-state index is 0.0663. The Morgan fingerprint density at radius 1 is 1.22 bits per heavy atom. The number of amides is 1. The number of aliphatic carboxylic acids is 1. The third-order valence-electron chi connectivity index (χ3n) is 8.22. The summed E-state index contributed by atoms with van der Waals surface area (Å²) in [5.41, 5.74) is 2.67. The minimum Gasteiger partial charge on any atom is -0.493 e. The Kier molecular flexibility index (Phi) is 8.78. The first kappa shape index (κ1) is 28.5. The second-order valence-corrected chi connectivity index (χ2v) is 10.7. The van der Waals surface area contributed by atoms with Crippen LogP contribution in [0.25, 0.3) is 0 Å². The molecule has 1 saturated heterocycles. The molecule has 1 aromatic carbocycles. The predicted molar refractivity (Wildman–Crippen MR) is 154 cm³/mol. The van der Waals surface area contributed by atoms with E-state index in [1.807, 2.05) is 43.6 Å². The molecule has 10 heteroatoms. The number of carbonyl (C=O) groups excluding carboxylic acids is 1. The number of nitrogens with zero attached hydrogens (tertiary/aromatic N) is 4. The van der Waals surface area contributed by atoms with Crippen LogP contribution in [0.15, 0.2) is 55.0 Å². The summed E-state index contributed by atoms with van der Waals surface area (Å²) in [7, 11) is 3.54. The van der Waals surface area contributed by atoms with Crippen LogP contribution in [0.3, 0.4) is 0 Å². The molecule has 2 aromatic heterocycles. The molecule has 4 heterocycles. The quantitative estimate of drug-likeness (QED) is 0.352. The summed E-state index contributed by atoms with van der Waals surface area (Å²) in [4.78, 5) is 34.8. The summed E-state index contributed by atoms with van der Waals surface area (Å²) in [6.07, 6.45) is 8.47. The van der Waals surface area contributed by atoms with Crippen molar-refractivity contribution >= 4 is 17.6 Å². The number of carboxylic acids is 1. The molecule has 1 fully saturated rings. The number of fused-ring (bicyclic) bond motifs is 1. The number of likely N-dealkylation sites (tertiary alicyclic amines) is 1. The monoisotopic (exact) mass is 562 g/mol. The SMILES string of the molecule is CCCCN(C(=O)CN1CC(c2cc(OC)c3c(c2)OCO3)C(C(=O)O)C1CCc1cccn1C)c1cccnc1. The van der Waals surface area contributed by atoms with Crippen molar-refractivity contribution in [1.82, 2.24) is 14.5 Å². The van der Waals surface area contributed by atoms with Gasteiger partial charge in [-0.1, -0.05) is 13.3 Å². The molecule has 218 valence electrons. The zero-order valence-corrected chi connectivity index (χ0v) is 23.9. The van der Waals surface area contributed by atoms with Crippen molar-refractivity contribution in [2.75, 3.05) is 38.4 Å². The smallest absolute Gasteiger partial charge is 0.308 e. The van der Waals surface area contributed by atoms with Crippen LogP contribution in [0.2, 0.25) is 0 Å². The number of anilines is 1. The van der Waals surface area contributed by atoms with E-state index < -0.39 is 11.9 Å². The fourth-order valence-corrected chi connectivity index (χ4v) is 6.09. The topological polar surface area (TPSA) is 106 Å². The van der Waals surface area contributed by atoms with Gasteiger partial charge in [0.1, 0.15) is 0 Å². The highest BCUT2D eigenvalue weighted by atomic mass is 16.7. The highest BCUT2D eigenvalue weighted by Crippen LogP contribution is 2.47. The van der Waals surface area contributed by atoms with Gasteiger partial charge in [0.25, 0.3) is 0 Å². The van der Waals surface area contributed by atoms with Crippen molar-refractivity contribution in [3.63, 3.8) is 0 Å². The van der Waals surface area contributed by atoms with Crippen LogP contribution in [0.1, 0.15) is 43.4 Å². The van der Waals surface area contributed by atoms with E-state index in [-0.39, 0.29) is 31.2 Å². The van der Waals surface area contributed by atoms with Gasteiger partial charge in [0, 0.05) is 50.2 Å². The molecule has 3 unspecified atom stereocenters. The molecule has 0 spiro atoms. The average molecular weight is 563 g/mol. The van der Waals surface area contributed by atoms with Crippen LogP contribution in [0.5, 0.6) is 17.2 Å². The number of methoxy groups -OCH3 is 1. The Bertz CT molecular complexity index is 1360. The number of aromatic nitrogens is 2. The second-order valence-electron chi connectivity index (χ2n) is 10.7. The van der Waals surface area contributed by atoms with Gasteiger partial charge >= 0.3 is 5.97 Å². The predicted octanol–water partition coefficient (Wildman–Crippen LogP) is 4.09. The number of hydrogen-bond donors (Lipinski definition) is 1. The van der Waals surface area contributed by atoms with E-state index in [9.17, 15) is 14.7 Å². The van der Waals surface area contributed by atoms with E-state index in [2.05, 4.69) is 27.4 Å². The average Bonchev–Trinajstić information content (AvgIpc) is 3.70. The third-order valence-corrected chi connectivity index (χ3v) is 8.22. The lowest BCUT2D eigenvalue weighted by atomic mass is 9.83. The number of unbranched alkanes of at least 4 members (excludes halogenated alkanes) is 1. The van der Waals surface area contributed by atoms with Crippen molar-refractivity contribution < 1.29 is 28.9 Å². The summed E-state index contributed by atoms with van der Waals surface area (Å²) < 4.78 is 18.8. The van der Waals surface area contributed by atoms with Crippen LogP contribution < -0.4 is 19.1 Å². The first-order valence-electron chi connectivity index (χ1n) is 14.2. The highest BCUT2D eigenvalue weighted by molar-refractivity contribution is 5.94. The number of hydrogen-bond acceptors (Lipinski definition) is 7. The van der Waals surface area contributed by atoms with Crippen LogP contribution in [-0.2, 0) is 23.1 Å². The zero-order chi connectivity index (χ0) is 28.9. The molecule has 10 nitrogen and oxygen atoms in total. The molecular formula is C31H38N4O6. The number of pyridine rings is 1. The van der Waals surface area contributed by atoms with Crippen molar-refractivity contribution in [1.29, 1.82) is 0 Å². The first-order chi connectivity index (χ1) is 19.9. The maximum absolute atomic E-state index is 13.9. The van der Waals surface area contributed by atoms with Gasteiger partial charge < -0.3 is 28.8 Å². The van der Waals surface area contributed by atoms with E-state index in [0.717, 1.165) is 29.8 Å². The molecule has 2 aliphatic heterocycles. The van der Waals surface area contributed by atoms with E-state index in [4.69, 9.17) is 14.2 Å².